The molecule has 2 aromatic heterocycles. The first-order valence-electron chi connectivity index (χ1n) is 9.69. The number of hydrogen-bond donors (Lipinski definition) is 1. The highest BCUT2D eigenvalue weighted by Gasteiger charge is 2.14. The Kier molecular flexibility index (Phi) is 4.26. The molecule has 3 heterocycles. The van der Waals surface area contributed by atoms with Gasteiger partial charge in [-0.05, 0) is 49.5 Å². The van der Waals surface area contributed by atoms with Gasteiger partial charge in [0.25, 0.3) is 0 Å². The topological polar surface area (TPSA) is 72.5 Å². The molecule has 1 aliphatic heterocycles. The van der Waals surface area contributed by atoms with Crippen LogP contribution in [0.1, 0.15) is 5.56 Å². The number of benzene rings is 2. The van der Waals surface area contributed by atoms with Crippen LogP contribution in [0.2, 0.25) is 0 Å². The Hall–Kier alpha value is -3.63. The molecular formula is C22H21N7. The highest BCUT2D eigenvalue weighted by atomic mass is 15.2. The van der Waals surface area contributed by atoms with Crippen molar-refractivity contribution in [2.45, 2.75) is 0 Å². The normalized spacial score (nSPS) is 15.0. The first-order chi connectivity index (χ1) is 14.2. The number of nitriles is 1. The highest BCUT2D eigenvalue weighted by molar-refractivity contribution is 5.85. The van der Waals surface area contributed by atoms with Gasteiger partial charge < -0.3 is 15.1 Å². The Balaban J connectivity index is 1.45. The second-order valence-electron chi connectivity index (χ2n) is 7.36. The minimum atomic E-state index is 0.606. The Labute approximate surface area is 168 Å². The van der Waals surface area contributed by atoms with Crippen molar-refractivity contribution in [3.63, 3.8) is 0 Å². The molecule has 0 amide bonds. The molecule has 0 bridgehead atoms. The number of fused-ring (bicyclic) bond motifs is 3. The molecule has 1 N–H and O–H groups in total. The minimum absolute atomic E-state index is 0.606. The number of nitrogens with one attached hydrogen (secondary N) is 1. The summed E-state index contributed by atoms with van der Waals surface area (Å²) in [7, 11) is 2.17. The molecule has 1 fully saturated rings. The van der Waals surface area contributed by atoms with Crippen molar-refractivity contribution in [3.05, 3.63) is 60.4 Å². The van der Waals surface area contributed by atoms with Gasteiger partial charge in [0.15, 0.2) is 11.5 Å². The molecule has 144 valence electrons. The van der Waals surface area contributed by atoms with Crippen LogP contribution in [0, 0.1) is 11.3 Å². The molecule has 4 aromatic rings. The molecule has 5 rings (SSSR count). The van der Waals surface area contributed by atoms with E-state index in [0.29, 0.717) is 11.4 Å². The lowest BCUT2D eigenvalue weighted by atomic mass is 10.2. The summed E-state index contributed by atoms with van der Waals surface area (Å²) in [6.45, 7) is 4.28. The van der Waals surface area contributed by atoms with Crippen LogP contribution in [-0.4, -0.2) is 52.5 Å². The smallest absolute Gasteiger partial charge is 0.180 e. The number of nitrogens with zero attached hydrogens (tertiary/aromatic N) is 6. The van der Waals surface area contributed by atoms with Crippen LogP contribution in [-0.2, 0) is 0 Å². The molecule has 0 atom stereocenters. The standard InChI is InChI=1S/C22H21N7/c1-27-10-12-28(13-11-27)18-5-3-17(4-6-18)25-21-22-24-8-9-29(22)20-14-16(15-23)2-7-19(20)26-21/h2-9,14H,10-13H2,1H3,(H,25,26). The monoisotopic (exact) mass is 383 g/mol. The number of likely N-dealkylation sites (N-methyl/N-ethyl adjacent to an activating group) is 1. The molecule has 0 spiro atoms. The molecular weight excluding hydrogens is 362 g/mol. The molecule has 29 heavy (non-hydrogen) atoms. The van der Waals surface area contributed by atoms with Crippen molar-refractivity contribution in [2.75, 3.05) is 43.4 Å². The van der Waals surface area contributed by atoms with E-state index < -0.39 is 0 Å². The summed E-state index contributed by atoms with van der Waals surface area (Å²) in [6, 6.07) is 16.1. The Morgan fingerprint density at radius 2 is 1.83 bits per heavy atom. The average Bonchev–Trinajstić information content (AvgIpc) is 3.25. The number of anilines is 3. The van der Waals surface area contributed by atoms with Gasteiger partial charge >= 0.3 is 0 Å². The molecule has 1 aliphatic rings. The summed E-state index contributed by atoms with van der Waals surface area (Å²) in [5.74, 6) is 0.694. The van der Waals surface area contributed by atoms with Gasteiger partial charge in [0, 0.05) is 49.9 Å². The van der Waals surface area contributed by atoms with E-state index in [1.165, 1.54) is 5.69 Å². The predicted octanol–water partition coefficient (Wildman–Crippen LogP) is 3.25. The summed E-state index contributed by atoms with van der Waals surface area (Å²) in [5, 5.41) is 12.6. The van der Waals surface area contributed by atoms with E-state index in [2.05, 4.69) is 57.5 Å². The van der Waals surface area contributed by atoms with Crippen molar-refractivity contribution >= 4 is 33.9 Å². The molecule has 7 nitrogen and oxygen atoms in total. The van der Waals surface area contributed by atoms with Crippen LogP contribution in [0.5, 0.6) is 0 Å². The van der Waals surface area contributed by atoms with E-state index in [1.54, 1.807) is 12.3 Å². The van der Waals surface area contributed by atoms with Crippen molar-refractivity contribution in [1.82, 2.24) is 19.3 Å². The highest BCUT2D eigenvalue weighted by Crippen LogP contribution is 2.26. The van der Waals surface area contributed by atoms with Crippen molar-refractivity contribution < 1.29 is 0 Å². The summed E-state index contributed by atoms with van der Waals surface area (Å²) >= 11 is 0. The van der Waals surface area contributed by atoms with E-state index in [4.69, 9.17) is 4.98 Å². The second-order valence-corrected chi connectivity index (χ2v) is 7.36. The van der Waals surface area contributed by atoms with E-state index in [-0.39, 0.29) is 0 Å². The zero-order valence-electron chi connectivity index (χ0n) is 16.2. The van der Waals surface area contributed by atoms with Gasteiger partial charge in [-0.1, -0.05) is 0 Å². The predicted molar refractivity (Wildman–Crippen MR) is 115 cm³/mol. The van der Waals surface area contributed by atoms with Gasteiger partial charge in [-0.25, -0.2) is 9.97 Å². The zero-order valence-corrected chi connectivity index (χ0v) is 16.2. The lowest BCUT2D eigenvalue weighted by Crippen LogP contribution is -2.44. The van der Waals surface area contributed by atoms with Crippen LogP contribution in [0.25, 0.3) is 16.7 Å². The Morgan fingerprint density at radius 1 is 1.03 bits per heavy atom. The Morgan fingerprint density at radius 3 is 2.59 bits per heavy atom. The number of imidazole rings is 1. The fourth-order valence-corrected chi connectivity index (χ4v) is 3.76. The van der Waals surface area contributed by atoms with Crippen LogP contribution in [0.15, 0.2) is 54.9 Å². The van der Waals surface area contributed by atoms with Gasteiger partial charge in [-0.2, -0.15) is 5.26 Å². The zero-order chi connectivity index (χ0) is 19.8. The summed E-state index contributed by atoms with van der Waals surface area (Å²) in [5.41, 5.74) is 5.22. The van der Waals surface area contributed by atoms with Crippen LogP contribution >= 0.6 is 0 Å². The third kappa shape index (κ3) is 3.24. The van der Waals surface area contributed by atoms with Gasteiger partial charge in [0.05, 0.1) is 22.7 Å². The lowest BCUT2D eigenvalue weighted by Gasteiger charge is -2.34. The van der Waals surface area contributed by atoms with Gasteiger partial charge in [-0.3, -0.25) is 4.40 Å². The van der Waals surface area contributed by atoms with Gasteiger partial charge in [0.2, 0.25) is 0 Å². The second kappa shape index (κ2) is 7.08. The molecule has 0 radical (unpaired) electrons. The van der Waals surface area contributed by atoms with E-state index in [0.717, 1.165) is 48.5 Å². The van der Waals surface area contributed by atoms with Gasteiger partial charge in [0.1, 0.15) is 0 Å². The van der Waals surface area contributed by atoms with Crippen molar-refractivity contribution in [3.8, 4) is 6.07 Å². The van der Waals surface area contributed by atoms with Crippen molar-refractivity contribution in [1.29, 1.82) is 5.26 Å². The summed E-state index contributed by atoms with van der Waals surface area (Å²) in [4.78, 5) is 14.0. The first kappa shape index (κ1) is 17.5. The maximum absolute atomic E-state index is 9.19. The first-order valence-corrected chi connectivity index (χ1v) is 9.69. The molecule has 2 aromatic carbocycles. The lowest BCUT2D eigenvalue weighted by molar-refractivity contribution is 0.313. The largest absolute Gasteiger partial charge is 0.369 e. The minimum Gasteiger partial charge on any atom is -0.369 e. The maximum Gasteiger partial charge on any atom is 0.180 e. The van der Waals surface area contributed by atoms with Gasteiger partial charge in [-0.15, -0.1) is 0 Å². The fourth-order valence-electron chi connectivity index (χ4n) is 3.76. The number of aromatic nitrogens is 3. The molecule has 0 saturated carbocycles. The quantitative estimate of drug-likeness (QED) is 0.586. The number of piperazine rings is 1. The van der Waals surface area contributed by atoms with Crippen LogP contribution < -0.4 is 10.2 Å². The van der Waals surface area contributed by atoms with Crippen LogP contribution in [0.4, 0.5) is 17.2 Å². The number of hydrogen-bond acceptors (Lipinski definition) is 6. The van der Waals surface area contributed by atoms with Crippen molar-refractivity contribution in [2.24, 2.45) is 0 Å². The fraction of sp³-hybridized carbons (Fsp3) is 0.227. The van der Waals surface area contributed by atoms with E-state index >= 15 is 0 Å². The molecule has 0 unspecified atom stereocenters. The third-order valence-corrected chi connectivity index (χ3v) is 5.45. The Bertz CT molecular complexity index is 1210. The SMILES string of the molecule is CN1CCN(c2ccc(Nc3nc4ccc(C#N)cc4n4ccnc34)cc2)CC1. The third-order valence-electron chi connectivity index (χ3n) is 5.45. The van der Waals surface area contributed by atoms with E-state index in [1.807, 2.05) is 22.7 Å². The molecule has 0 aliphatic carbocycles. The summed E-state index contributed by atoms with van der Waals surface area (Å²) < 4.78 is 1.96. The number of rotatable bonds is 3. The molecule has 7 heteroatoms. The maximum atomic E-state index is 9.19. The summed E-state index contributed by atoms with van der Waals surface area (Å²) in [6.07, 6.45) is 3.64. The average molecular weight is 383 g/mol. The molecule has 1 saturated heterocycles. The van der Waals surface area contributed by atoms with Crippen LogP contribution in [0.3, 0.4) is 0 Å². The van der Waals surface area contributed by atoms with E-state index in [9.17, 15) is 5.26 Å².